The molecular weight excluding hydrogens is 238 g/mol. The Balaban J connectivity index is 1.95. The Hall–Kier alpha value is -1.81. The summed E-state index contributed by atoms with van der Waals surface area (Å²) in [6.45, 7) is 4.69. The monoisotopic (exact) mass is 259 g/mol. The molecule has 2 rings (SSSR count). The lowest BCUT2D eigenvalue weighted by atomic mass is 9.92. The van der Waals surface area contributed by atoms with Crippen LogP contribution in [0.5, 0.6) is 0 Å². The summed E-state index contributed by atoms with van der Waals surface area (Å²) in [6, 6.07) is 8.17. The van der Waals surface area contributed by atoms with Gasteiger partial charge in [-0.15, -0.1) is 0 Å². The van der Waals surface area contributed by atoms with Gasteiger partial charge in [0.1, 0.15) is 0 Å². The van der Waals surface area contributed by atoms with Crippen molar-refractivity contribution in [1.29, 1.82) is 0 Å². The molecule has 0 aliphatic carbocycles. The molecular formula is C15H21N3O. The van der Waals surface area contributed by atoms with Crippen LogP contribution in [0.15, 0.2) is 30.5 Å². The molecule has 0 radical (unpaired) electrons. The van der Waals surface area contributed by atoms with Crippen molar-refractivity contribution in [3.63, 3.8) is 0 Å². The summed E-state index contributed by atoms with van der Waals surface area (Å²) in [5.74, 6) is 0.00911. The van der Waals surface area contributed by atoms with E-state index in [-0.39, 0.29) is 5.91 Å². The highest BCUT2D eigenvalue weighted by Gasteiger charge is 2.25. The maximum atomic E-state index is 11.9. The predicted octanol–water partition coefficient (Wildman–Crippen LogP) is 1.81. The number of rotatable bonds is 5. The van der Waals surface area contributed by atoms with Gasteiger partial charge in [-0.1, -0.05) is 18.2 Å². The van der Waals surface area contributed by atoms with Crippen LogP contribution in [0.25, 0.3) is 10.9 Å². The van der Waals surface area contributed by atoms with E-state index in [0.717, 1.165) is 11.9 Å². The van der Waals surface area contributed by atoms with E-state index in [9.17, 15) is 4.79 Å². The molecule has 4 heteroatoms. The highest BCUT2D eigenvalue weighted by atomic mass is 16.2. The predicted molar refractivity (Wildman–Crippen MR) is 77.8 cm³/mol. The fraction of sp³-hybridized carbons (Fsp3) is 0.400. The van der Waals surface area contributed by atoms with Crippen LogP contribution in [0.1, 0.15) is 19.4 Å². The van der Waals surface area contributed by atoms with Crippen LogP contribution in [0.4, 0.5) is 0 Å². The fourth-order valence-electron chi connectivity index (χ4n) is 1.98. The van der Waals surface area contributed by atoms with Crippen molar-refractivity contribution >= 4 is 16.8 Å². The van der Waals surface area contributed by atoms with Crippen molar-refractivity contribution in [2.75, 3.05) is 13.1 Å². The quantitative estimate of drug-likeness (QED) is 0.766. The van der Waals surface area contributed by atoms with Crippen molar-refractivity contribution in [3.05, 3.63) is 36.0 Å². The fourth-order valence-corrected chi connectivity index (χ4v) is 1.98. The van der Waals surface area contributed by atoms with Gasteiger partial charge in [0.25, 0.3) is 0 Å². The summed E-state index contributed by atoms with van der Waals surface area (Å²) >= 11 is 0. The molecule has 4 nitrogen and oxygen atoms in total. The average Bonchev–Trinajstić information content (AvgIpc) is 2.82. The van der Waals surface area contributed by atoms with E-state index < -0.39 is 5.41 Å². The number of hydrogen-bond donors (Lipinski definition) is 3. The molecule has 0 unspecified atom stereocenters. The first-order valence-electron chi connectivity index (χ1n) is 6.58. The van der Waals surface area contributed by atoms with E-state index in [1.807, 2.05) is 32.2 Å². The molecule has 0 atom stereocenters. The zero-order valence-corrected chi connectivity index (χ0v) is 11.5. The third-order valence-corrected chi connectivity index (χ3v) is 3.48. The van der Waals surface area contributed by atoms with E-state index in [0.29, 0.717) is 13.1 Å². The maximum Gasteiger partial charge on any atom is 0.226 e. The number of nitrogens with two attached hydrogens (primary N) is 1. The van der Waals surface area contributed by atoms with Gasteiger partial charge in [0.05, 0.1) is 5.41 Å². The number of carbonyl (C=O) groups is 1. The molecule has 1 amide bonds. The molecule has 19 heavy (non-hydrogen) atoms. The van der Waals surface area contributed by atoms with Crippen molar-refractivity contribution in [2.45, 2.75) is 20.3 Å². The normalized spacial score (nSPS) is 11.7. The lowest BCUT2D eigenvalue weighted by Gasteiger charge is -2.21. The molecule has 2 aromatic rings. The van der Waals surface area contributed by atoms with Crippen molar-refractivity contribution in [2.24, 2.45) is 11.1 Å². The third kappa shape index (κ3) is 2.96. The number of benzene rings is 1. The summed E-state index contributed by atoms with van der Waals surface area (Å²) in [5.41, 5.74) is 7.44. The molecule has 4 N–H and O–H groups in total. The average molecular weight is 259 g/mol. The third-order valence-electron chi connectivity index (χ3n) is 3.48. The van der Waals surface area contributed by atoms with Crippen LogP contribution in [0.3, 0.4) is 0 Å². The largest absolute Gasteiger partial charge is 0.361 e. The molecule has 0 saturated carbocycles. The summed E-state index contributed by atoms with van der Waals surface area (Å²) in [6.07, 6.45) is 2.82. The number of hydrogen-bond acceptors (Lipinski definition) is 2. The minimum absolute atomic E-state index is 0.00911. The van der Waals surface area contributed by atoms with Crippen molar-refractivity contribution in [3.8, 4) is 0 Å². The molecule has 0 saturated heterocycles. The second-order valence-corrected chi connectivity index (χ2v) is 5.45. The first-order chi connectivity index (χ1) is 9.04. The Morgan fingerprint density at radius 1 is 1.37 bits per heavy atom. The Bertz CT molecular complexity index is 572. The molecule has 1 aromatic heterocycles. The molecule has 1 aromatic carbocycles. The highest BCUT2D eigenvalue weighted by Crippen LogP contribution is 2.18. The molecule has 1 heterocycles. The zero-order chi connectivity index (χ0) is 13.9. The highest BCUT2D eigenvalue weighted by molar-refractivity contribution is 5.84. The molecule has 0 bridgehead atoms. The number of amides is 1. The van der Waals surface area contributed by atoms with Crippen LogP contribution >= 0.6 is 0 Å². The first kappa shape index (κ1) is 13.6. The Morgan fingerprint density at radius 2 is 2.11 bits per heavy atom. The van der Waals surface area contributed by atoms with Gasteiger partial charge < -0.3 is 16.0 Å². The zero-order valence-electron chi connectivity index (χ0n) is 11.5. The Labute approximate surface area is 113 Å². The smallest absolute Gasteiger partial charge is 0.226 e. The second kappa shape index (κ2) is 5.45. The van der Waals surface area contributed by atoms with Crippen LogP contribution in [-0.4, -0.2) is 24.0 Å². The number of H-pyrrole nitrogens is 1. The first-order valence-corrected chi connectivity index (χ1v) is 6.58. The number of aromatic amines is 1. The van der Waals surface area contributed by atoms with E-state index in [1.54, 1.807) is 0 Å². The number of para-hydroxylation sites is 1. The Morgan fingerprint density at radius 3 is 2.84 bits per heavy atom. The van der Waals surface area contributed by atoms with Crippen LogP contribution in [0, 0.1) is 5.41 Å². The summed E-state index contributed by atoms with van der Waals surface area (Å²) in [4.78, 5) is 15.1. The lowest BCUT2D eigenvalue weighted by molar-refractivity contribution is -0.128. The van der Waals surface area contributed by atoms with Gasteiger partial charge >= 0.3 is 0 Å². The second-order valence-electron chi connectivity index (χ2n) is 5.45. The topological polar surface area (TPSA) is 70.9 Å². The molecule has 102 valence electrons. The van der Waals surface area contributed by atoms with Crippen molar-refractivity contribution in [1.82, 2.24) is 10.3 Å². The number of fused-ring (bicyclic) bond motifs is 1. The van der Waals surface area contributed by atoms with E-state index in [4.69, 9.17) is 5.73 Å². The Kier molecular flexibility index (Phi) is 3.90. The SMILES string of the molecule is CC(C)(CN)C(=O)NCCc1c[nH]c2ccccc12. The van der Waals surface area contributed by atoms with Crippen LogP contribution in [0.2, 0.25) is 0 Å². The molecule has 0 spiro atoms. The summed E-state index contributed by atoms with van der Waals surface area (Å²) < 4.78 is 0. The number of nitrogens with one attached hydrogen (secondary N) is 2. The van der Waals surface area contributed by atoms with Crippen molar-refractivity contribution < 1.29 is 4.79 Å². The summed E-state index contributed by atoms with van der Waals surface area (Å²) in [7, 11) is 0. The number of aromatic nitrogens is 1. The molecule has 0 aliphatic rings. The maximum absolute atomic E-state index is 11.9. The van der Waals surface area contributed by atoms with Crippen LogP contribution < -0.4 is 11.1 Å². The van der Waals surface area contributed by atoms with E-state index >= 15 is 0 Å². The van der Waals surface area contributed by atoms with Gasteiger partial charge in [-0.25, -0.2) is 0 Å². The van der Waals surface area contributed by atoms with Gasteiger partial charge in [-0.05, 0) is 31.9 Å². The van der Waals surface area contributed by atoms with Gasteiger partial charge in [-0.3, -0.25) is 4.79 Å². The lowest BCUT2D eigenvalue weighted by Crippen LogP contribution is -2.42. The van der Waals surface area contributed by atoms with Gasteiger partial charge in [0.15, 0.2) is 0 Å². The van der Waals surface area contributed by atoms with Crippen LogP contribution in [-0.2, 0) is 11.2 Å². The van der Waals surface area contributed by atoms with E-state index in [2.05, 4.69) is 22.4 Å². The number of carbonyl (C=O) groups excluding carboxylic acids is 1. The standard InChI is InChI=1S/C15H21N3O/c1-15(2,10-16)14(19)17-8-7-11-9-18-13-6-4-3-5-12(11)13/h3-6,9,18H,7-8,10,16H2,1-2H3,(H,17,19). The van der Waals surface area contributed by atoms with Gasteiger partial charge in [0.2, 0.25) is 5.91 Å². The van der Waals surface area contributed by atoms with Gasteiger partial charge in [-0.2, -0.15) is 0 Å². The minimum atomic E-state index is -0.500. The summed E-state index contributed by atoms with van der Waals surface area (Å²) in [5, 5.41) is 4.16. The molecule has 0 fully saturated rings. The minimum Gasteiger partial charge on any atom is -0.361 e. The van der Waals surface area contributed by atoms with Gasteiger partial charge in [0, 0.05) is 30.2 Å². The molecule has 0 aliphatic heterocycles. The van der Waals surface area contributed by atoms with E-state index in [1.165, 1.54) is 10.9 Å².